The fourth-order valence-electron chi connectivity index (χ4n) is 2.97. The maximum Gasteiger partial charge on any atom is 0.502 e. The highest BCUT2D eigenvalue weighted by Crippen LogP contribution is 2.52. The van der Waals surface area contributed by atoms with Crippen LogP contribution in [0.1, 0.15) is 33.3 Å². The molecule has 0 aliphatic carbocycles. The number of hydrogen-bond donors (Lipinski definition) is 6. The fourth-order valence-corrected chi connectivity index (χ4v) is 2.97. The van der Waals surface area contributed by atoms with Crippen LogP contribution in [0.5, 0.6) is 34.5 Å². The van der Waals surface area contributed by atoms with Crippen LogP contribution < -0.4 is 5.46 Å². The van der Waals surface area contributed by atoms with Gasteiger partial charge in [-0.05, 0) is 34.6 Å². The number of phenols is 6. The second-order valence-corrected chi connectivity index (χ2v) is 7.47. The van der Waals surface area contributed by atoms with Crippen LogP contribution in [0.25, 0.3) is 10.8 Å². The van der Waals surface area contributed by atoms with Gasteiger partial charge in [-0.3, -0.25) is 0 Å². The van der Waals surface area contributed by atoms with Gasteiger partial charge < -0.3 is 39.9 Å². The van der Waals surface area contributed by atoms with Crippen molar-refractivity contribution in [3.8, 4) is 34.5 Å². The summed E-state index contributed by atoms with van der Waals surface area (Å²) in [5, 5.41) is 61.1. The van der Waals surface area contributed by atoms with E-state index in [-0.39, 0.29) is 11.0 Å². The van der Waals surface area contributed by atoms with Gasteiger partial charge >= 0.3 is 7.12 Å². The van der Waals surface area contributed by atoms with Crippen molar-refractivity contribution in [1.82, 2.24) is 0 Å². The van der Waals surface area contributed by atoms with Crippen molar-refractivity contribution < 1.29 is 39.9 Å². The molecule has 140 valence electrons. The lowest BCUT2D eigenvalue weighted by molar-refractivity contribution is 0.00578. The molecule has 0 radical (unpaired) electrons. The van der Waals surface area contributed by atoms with Crippen LogP contribution in [0.4, 0.5) is 0 Å². The highest BCUT2D eigenvalue weighted by molar-refractivity contribution is 6.65. The minimum absolute atomic E-state index is 0.118. The van der Waals surface area contributed by atoms with Crippen molar-refractivity contribution >= 4 is 23.4 Å². The van der Waals surface area contributed by atoms with Crippen LogP contribution >= 0.6 is 0 Å². The molecule has 1 heterocycles. The normalized spacial score (nSPS) is 18.6. The Bertz CT molecular complexity index is 919. The first-order chi connectivity index (χ1) is 11.8. The molecule has 2 aromatic carbocycles. The second-order valence-electron chi connectivity index (χ2n) is 7.47. The molecule has 8 nitrogen and oxygen atoms in total. The van der Waals surface area contributed by atoms with Gasteiger partial charge in [0.15, 0.2) is 23.0 Å². The molecule has 6 N–H and O–H groups in total. The Balaban J connectivity index is 2.37. The van der Waals surface area contributed by atoms with Crippen molar-refractivity contribution in [3.63, 3.8) is 0 Å². The summed E-state index contributed by atoms with van der Waals surface area (Å²) in [5.74, 6) is -4.21. The Morgan fingerprint density at radius 3 is 1.54 bits per heavy atom. The average molecular weight is 364 g/mol. The third kappa shape index (κ3) is 2.17. The summed E-state index contributed by atoms with van der Waals surface area (Å²) in [7, 11) is -1.25. The molecule has 0 amide bonds. The van der Waals surface area contributed by atoms with E-state index in [9.17, 15) is 30.6 Å². The van der Waals surface area contributed by atoms with Gasteiger partial charge in [0, 0.05) is 5.56 Å². The van der Waals surface area contributed by atoms with Crippen LogP contribution in [-0.2, 0) is 9.31 Å². The summed E-state index contributed by atoms with van der Waals surface area (Å²) < 4.78 is 11.6. The van der Waals surface area contributed by atoms with Gasteiger partial charge in [-0.1, -0.05) is 0 Å². The lowest BCUT2D eigenvalue weighted by Crippen LogP contribution is -2.41. The molecule has 0 atom stereocenters. The van der Waals surface area contributed by atoms with Crippen LogP contribution in [-0.4, -0.2) is 49.0 Å². The molecule has 9 heteroatoms. The predicted molar refractivity (Wildman–Crippen MR) is 94.4 cm³/mol. The number of phenolic OH excluding ortho intramolecular Hbond substituents is 6. The summed E-state index contributed by atoms with van der Waals surface area (Å²) in [5.41, 5.74) is -2.01. The van der Waals surface area contributed by atoms with Crippen molar-refractivity contribution in [2.24, 2.45) is 0 Å². The molecular weight excluding hydrogens is 343 g/mol. The molecule has 26 heavy (non-hydrogen) atoms. The van der Waals surface area contributed by atoms with Gasteiger partial charge in [-0.15, -0.1) is 0 Å². The van der Waals surface area contributed by atoms with Crippen LogP contribution in [0.15, 0.2) is 0 Å². The zero-order valence-electron chi connectivity index (χ0n) is 15.1. The molecular formula is C17H21BO8. The first-order valence-electron chi connectivity index (χ1n) is 8.01. The van der Waals surface area contributed by atoms with E-state index in [2.05, 4.69) is 0 Å². The Morgan fingerprint density at radius 1 is 0.615 bits per heavy atom. The summed E-state index contributed by atoms with van der Waals surface area (Å²) in [6.45, 7) is 8.36. The van der Waals surface area contributed by atoms with E-state index in [0.717, 1.165) is 0 Å². The molecule has 0 spiro atoms. The van der Waals surface area contributed by atoms with E-state index in [1.165, 1.54) is 6.92 Å². The third-order valence-electron chi connectivity index (χ3n) is 5.36. The highest BCUT2D eigenvalue weighted by atomic mass is 16.7. The zero-order valence-corrected chi connectivity index (χ0v) is 15.1. The number of benzene rings is 2. The first-order valence-corrected chi connectivity index (χ1v) is 8.01. The average Bonchev–Trinajstić information content (AvgIpc) is 2.74. The molecule has 1 fully saturated rings. The maximum absolute atomic E-state index is 10.7. The van der Waals surface area contributed by atoms with Crippen molar-refractivity contribution in [1.29, 1.82) is 0 Å². The van der Waals surface area contributed by atoms with E-state index in [1.807, 2.05) is 0 Å². The Kier molecular flexibility index (Phi) is 3.69. The summed E-state index contributed by atoms with van der Waals surface area (Å²) in [6, 6.07) is 0. The Morgan fingerprint density at radius 2 is 1.04 bits per heavy atom. The fraction of sp³-hybridized carbons (Fsp3) is 0.412. The summed E-state index contributed by atoms with van der Waals surface area (Å²) in [6.07, 6.45) is 0. The monoisotopic (exact) mass is 364 g/mol. The molecule has 2 aromatic rings. The SMILES string of the molecule is Cc1c(O)c(O)c2c(O)c(B3OC(C)(C)C(C)(C)O3)c(O)c(O)c2c1O. The lowest BCUT2D eigenvalue weighted by Gasteiger charge is -2.32. The maximum atomic E-state index is 10.7. The molecule has 0 aromatic heterocycles. The van der Waals surface area contributed by atoms with E-state index in [1.54, 1.807) is 27.7 Å². The topological polar surface area (TPSA) is 140 Å². The van der Waals surface area contributed by atoms with Gasteiger partial charge in [0.2, 0.25) is 0 Å². The van der Waals surface area contributed by atoms with Gasteiger partial charge in [-0.25, -0.2) is 0 Å². The largest absolute Gasteiger partial charge is 0.507 e. The van der Waals surface area contributed by atoms with E-state index in [0.29, 0.717) is 0 Å². The zero-order chi connectivity index (χ0) is 19.8. The number of hydrogen-bond acceptors (Lipinski definition) is 8. The van der Waals surface area contributed by atoms with Crippen molar-refractivity contribution in [3.05, 3.63) is 5.56 Å². The molecule has 3 rings (SSSR count). The Labute approximate surface area is 150 Å². The molecule has 1 aliphatic rings. The minimum atomic E-state index is -1.25. The molecule has 1 saturated heterocycles. The van der Waals surface area contributed by atoms with E-state index in [4.69, 9.17) is 9.31 Å². The van der Waals surface area contributed by atoms with Gasteiger partial charge in [0.1, 0.15) is 11.5 Å². The standard InChI is InChI=1S/C17H21BO8/c1-6-10(19)7-8(13(22)11(6)20)12(21)9(15(24)14(7)23)18-25-16(2,3)17(4,5)26-18/h19-24H,1-5H3. The lowest BCUT2D eigenvalue weighted by atomic mass is 9.75. The predicted octanol–water partition coefficient (Wildman–Crippen LogP) is 1.68. The first kappa shape index (κ1) is 18.3. The number of fused-ring (bicyclic) bond motifs is 1. The van der Waals surface area contributed by atoms with Crippen molar-refractivity contribution in [2.45, 2.75) is 45.8 Å². The van der Waals surface area contributed by atoms with Crippen LogP contribution in [0, 0.1) is 6.92 Å². The van der Waals surface area contributed by atoms with Gasteiger partial charge in [0.25, 0.3) is 0 Å². The molecule has 0 bridgehead atoms. The molecule has 1 aliphatic heterocycles. The second kappa shape index (κ2) is 5.24. The Hall–Kier alpha value is -2.52. The van der Waals surface area contributed by atoms with Crippen molar-refractivity contribution in [2.75, 3.05) is 0 Å². The molecule has 0 unspecified atom stereocenters. The van der Waals surface area contributed by atoms with Gasteiger partial charge in [-0.2, -0.15) is 0 Å². The molecule has 0 saturated carbocycles. The summed E-state index contributed by atoms with van der Waals surface area (Å²) >= 11 is 0. The summed E-state index contributed by atoms with van der Waals surface area (Å²) in [4.78, 5) is 0. The highest BCUT2D eigenvalue weighted by Gasteiger charge is 2.54. The minimum Gasteiger partial charge on any atom is -0.507 e. The van der Waals surface area contributed by atoms with E-state index < -0.39 is 63.6 Å². The van der Waals surface area contributed by atoms with Gasteiger partial charge in [0.05, 0.1) is 27.4 Å². The quantitative estimate of drug-likeness (QED) is 0.255. The van der Waals surface area contributed by atoms with Crippen LogP contribution in [0.2, 0.25) is 0 Å². The van der Waals surface area contributed by atoms with Crippen LogP contribution in [0.3, 0.4) is 0 Å². The number of rotatable bonds is 1. The number of aromatic hydroxyl groups is 6. The third-order valence-corrected chi connectivity index (χ3v) is 5.36. The van der Waals surface area contributed by atoms with E-state index >= 15 is 0 Å². The smallest absolute Gasteiger partial charge is 0.502 e.